The van der Waals surface area contributed by atoms with Gasteiger partial charge in [0.15, 0.2) is 0 Å². The van der Waals surface area contributed by atoms with Crippen LogP contribution in [0, 0.1) is 5.82 Å². The van der Waals surface area contributed by atoms with Gasteiger partial charge in [-0.1, -0.05) is 12.1 Å². The molecule has 0 atom stereocenters. The maximum Gasteiger partial charge on any atom is 0.222 e. The van der Waals surface area contributed by atoms with Crippen LogP contribution in [0.5, 0.6) is 5.75 Å². The SMILES string of the molecule is COc1cccc2c1nc(N)n1nc(Cn3cc4ccc(F)cc4c3)cc21. The molecule has 0 radical (unpaired) electrons. The second-order valence-corrected chi connectivity index (χ2v) is 6.46. The highest BCUT2D eigenvalue weighted by atomic mass is 19.1. The molecule has 27 heavy (non-hydrogen) atoms. The number of methoxy groups -OCH3 is 1. The number of fused-ring (bicyclic) bond motifs is 4. The van der Waals surface area contributed by atoms with Crippen molar-refractivity contribution in [1.29, 1.82) is 0 Å². The highest BCUT2D eigenvalue weighted by Gasteiger charge is 2.13. The van der Waals surface area contributed by atoms with Gasteiger partial charge in [-0.2, -0.15) is 9.61 Å². The zero-order valence-corrected chi connectivity index (χ0v) is 14.6. The lowest BCUT2D eigenvalue weighted by atomic mass is 10.2. The molecule has 0 amide bonds. The number of halogens is 1. The molecule has 0 spiro atoms. The van der Waals surface area contributed by atoms with Crippen molar-refractivity contribution >= 4 is 33.1 Å². The van der Waals surface area contributed by atoms with E-state index in [1.807, 2.05) is 41.2 Å². The van der Waals surface area contributed by atoms with E-state index in [0.29, 0.717) is 23.8 Å². The van der Waals surface area contributed by atoms with Gasteiger partial charge in [-0.25, -0.2) is 9.37 Å². The lowest BCUT2D eigenvalue weighted by Gasteiger charge is -2.07. The third-order valence-corrected chi connectivity index (χ3v) is 4.70. The number of nitrogen functional groups attached to an aromatic ring is 1. The van der Waals surface area contributed by atoms with Crippen molar-refractivity contribution in [1.82, 2.24) is 19.2 Å². The first-order valence-electron chi connectivity index (χ1n) is 8.48. The topological polar surface area (TPSA) is 70.4 Å². The maximum absolute atomic E-state index is 13.4. The number of hydrogen-bond donors (Lipinski definition) is 1. The number of nitrogens with zero attached hydrogens (tertiary/aromatic N) is 4. The number of nitrogens with two attached hydrogens (primary N) is 1. The van der Waals surface area contributed by atoms with Gasteiger partial charge in [-0.3, -0.25) is 0 Å². The zero-order chi connectivity index (χ0) is 18.5. The average molecular weight is 361 g/mol. The van der Waals surface area contributed by atoms with Crippen LogP contribution < -0.4 is 10.5 Å². The fourth-order valence-corrected chi connectivity index (χ4v) is 3.49. The van der Waals surface area contributed by atoms with E-state index in [4.69, 9.17) is 10.5 Å². The quantitative estimate of drug-likeness (QED) is 0.533. The molecule has 0 aliphatic heterocycles. The average Bonchev–Trinajstić information content (AvgIpc) is 3.25. The minimum atomic E-state index is -0.243. The summed E-state index contributed by atoms with van der Waals surface area (Å²) in [6, 6.07) is 12.5. The zero-order valence-electron chi connectivity index (χ0n) is 14.6. The van der Waals surface area contributed by atoms with Gasteiger partial charge in [0.1, 0.15) is 17.1 Å². The summed E-state index contributed by atoms with van der Waals surface area (Å²) in [5.41, 5.74) is 8.53. The molecule has 0 saturated carbocycles. The third kappa shape index (κ3) is 2.47. The van der Waals surface area contributed by atoms with E-state index >= 15 is 0 Å². The number of aromatic nitrogens is 4. The summed E-state index contributed by atoms with van der Waals surface area (Å²) in [5.74, 6) is 0.725. The smallest absolute Gasteiger partial charge is 0.222 e. The summed E-state index contributed by atoms with van der Waals surface area (Å²) in [6.07, 6.45) is 3.88. The maximum atomic E-state index is 13.4. The molecule has 3 heterocycles. The number of hydrogen-bond acceptors (Lipinski definition) is 4. The molecule has 0 bridgehead atoms. The van der Waals surface area contributed by atoms with Crippen LogP contribution in [0.4, 0.5) is 10.3 Å². The Morgan fingerprint density at radius 2 is 1.96 bits per heavy atom. The Balaban J connectivity index is 1.63. The van der Waals surface area contributed by atoms with E-state index < -0.39 is 0 Å². The largest absolute Gasteiger partial charge is 0.494 e. The van der Waals surface area contributed by atoms with Crippen molar-refractivity contribution in [2.45, 2.75) is 6.54 Å². The standard InChI is InChI=1S/C20H16FN5O/c1-27-18-4-2-3-16-17-8-15(24-26(17)20(22)23-19(16)18)11-25-9-12-5-6-14(21)7-13(12)10-25/h2-10H,11H2,1H3,(H2,22,23). The molecule has 6 nitrogen and oxygen atoms in total. The Bertz CT molecular complexity index is 1320. The van der Waals surface area contributed by atoms with Crippen LogP contribution in [-0.2, 0) is 6.54 Å². The molecule has 5 rings (SSSR count). The summed E-state index contributed by atoms with van der Waals surface area (Å²) in [5, 5.41) is 7.35. The summed E-state index contributed by atoms with van der Waals surface area (Å²) < 4.78 is 22.4. The molecule has 5 aromatic rings. The Morgan fingerprint density at radius 3 is 2.81 bits per heavy atom. The van der Waals surface area contributed by atoms with E-state index in [1.165, 1.54) is 12.1 Å². The Kier molecular flexibility index (Phi) is 3.30. The van der Waals surface area contributed by atoms with Crippen molar-refractivity contribution in [2.24, 2.45) is 0 Å². The first-order valence-corrected chi connectivity index (χ1v) is 8.48. The predicted molar refractivity (Wildman–Crippen MR) is 102 cm³/mol. The van der Waals surface area contributed by atoms with Crippen LogP contribution >= 0.6 is 0 Å². The monoisotopic (exact) mass is 361 g/mol. The van der Waals surface area contributed by atoms with E-state index in [2.05, 4.69) is 10.1 Å². The molecular formula is C20H16FN5O. The van der Waals surface area contributed by atoms with Gasteiger partial charge in [0.05, 0.1) is 24.9 Å². The normalized spacial score (nSPS) is 11.6. The van der Waals surface area contributed by atoms with Gasteiger partial charge in [0.2, 0.25) is 5.95 Å². The first kappa shape index (κ1) is 15.6. The van der Waals surface area contributed by atoms with E-state index in [0.717, 1.165) is 27.4 Å². The van der Waals surface area contributed by atoms with Crippen LogP contribution in [0.25, 0.3) is 27.2 Å². The van der Waals surface area contributed by atoms with Crippen LogP contribution in [0.3, 0.4) is 0 Å². The Hall–Kier alpha value is -3.61. The number of anilines is 1. The Morgan fingerprint density at radius 1 is 1.11 bits per heavy atom. The highest BCUT2D eigenvalue weighted by Crippen LogP contribution is 2.29. The van der Waals surface area contributed by atoms with Gasteiger partial charge in [-0.15, -0.1) is 0 Å². The molecule has 0 unspecified atom stereocenters. The lowest BCUT2D eigenvalue weighted by molar-refractivity contribution is 0.419. The molecule has 7 heteroatoms. The number of ether oxygens (including phenoxy) is 1. The molecule has 134 valence electrons. The number of para-hydroxylation sites is 1. The second kappa shape index (κ2) is 5.70. The van der Waals surface area contributed by atoms with Gasteiger partial charge < -0.3 is 15.0 Å². The van der Waals surface area contributed by atoms with Crippen molar-refractivity contribution in [3.05, 3.63) is 66.4 Å². The van der Waals surface area contributed by atoms with Gasteiger partial charge in [0.25, 0.3) is 0 Å². The number of benzene rings is 2. The van der Waals surface area contributed by atoms with Crippen LogP contribution in [0.15, 0.2) is 54.9 Å². The molecule has 0 fully saturated rings. The van der Waals surface area contributed by atoms with Crippen molar-refractivity contribution in [3.63, 3.8) is 0 Å². The molecule has 0 saturated heterocycles. The third-order valence-electron chi connectivity index (χ3n) is 4.70. The fraction of sp³-hybridized carbons (Fsp3) is 0.100. The van der Waals surface area contributed by atoms with Gasteiger partial charge >= 0.3 is 0 Å². The highest BCUT2D eigenvalue weighted by molar-refractivity contribution is 5.97. The molecule has 2 N–H and O–H groups in total. The van der Waals surface area contributed by atoms with E-state index in [-0.39, 0.29) is 5.82 Å². The summed E-state index contributed by atoms with van der Waals surface area (Å²) in [7, 11) is 1.61. The van der Waals surface area contributed by atoms with Crippen molar-refractivity contribution < 1.29 is 9.13 Å². The van der Waals surface area contributed by atoms with Gasteiger partial charge in [-0.05, 0) is 35.7 Å². The minimum Gasteiger partial charge on any atom is -0.494 e. The summed E-state index contributed by atoms with van der Waals surface area (Å²) in [4.78, 5) is 4.44. The summed E-state index contributed by atoms with van der Waals surface area (Å²) >= 11 is 0. The van der Waals surface area contributed by atoms with Crippen LogP contribution in [0.2, 0.25) is 0 Å². The van der Waals surface area contributed by atoms with Crippen LogP contribution in [-0.4, -0.2) is 26.3 Å². The summed E-state index contributed by atoms with van der Waals surface area (Å²) in [6.45, 7) is 0.545. The molecule has 0 aliphatic carbocycles. The molecular weight excluding hydrogens is 345 g/mol. The van der Waals surface area contributed by atoms with Crippen molar-refractivity contribution in [2.75, 3.05) is 12.8 Å². The first-order chi connectivity index (χ1) is 13.1. The molecule has 0 aliphatic rings. The minimum absolute atomic E-state index is 0.243. The van der Waals surface area contributed by atoms with E-state index in [1.54, 1.807) is 17.7 Å². The lowest BCUT2D eigenvalue weighted by Crippen LogP contribution is -2.04. The Labute approximate surface area is 153 Å². The molecule has 3 aromatic heterocycles. The second-order valence-electron chi connectivity index (χ2n) is 6.46. The fourth-order valence-electron chi connectivity index (χ4n) is 3.49. The molecule has 2 aromatic carbocycles. The van der Waals surface area contributed by atoms with Crippen molar-refractivity contribution in [3.8, 4) is 5.75 Å². The van der Waals surface area contributed by atoms with Crippen LogP contribution in [0.1, 0.15) is 5.69 Å². The van der Waals surface area contributed by atoms with Gasteiger partial charge in [0, 0.05) is 23.2 Å². The number of rotatable bonds is 3. The van der Waals surface area contributed by atoms with E-state index in [9.17, 15) is 4.39 Å². The predicted octanol–water partition coefficient (Wildman–Crippen LogP) is 3.62.